The van der Waals surface area contributed by atoms with Crippen LogP contribution in [-0.4, -0.2) is 55.1 Å². The van der Waals surface area contributed by atoms with Crippen LogP contribution in [0.25, 0.3) is 0 Å². The second kappa shape index (κ2) is 9.11. The molecule has 2 aromatic rings. The molecule has 0 aromatic heterocycles. The summed E-state index contributed by atoms with van der Waals surface area (Å²) in [6.07, 6.45) is 0. The number of methoxy groups -OCH3 is 1. The van der Waals surface area contributed by atoms with E-state index in [-0.39, 0.29) is 17.6 Å². The maximum absolute atomic E-state index is 12.7. The Morgan fingerprint density at radius 2 is 1.90 bits per heavy atom. The van der Waals surface area contributed by atoms with Gasteiger partial charge in [0.25, 0.3) is 5.69 Å². The molecule has 29 heavy (non-hydrogen) atoms. The molecule has 1 aliphatic heterocycles. The zero-order valence-corrected chi connectivity index (χ0v) is 17.1. The molecule has 0 bridgehead atoms. The molecule has 0 saturated carbocycles. The summed E-state index contributed by atoms with van der Waals surface area (Å²) in [5.74, 6) is 0.480. The second-order valence-corrected chi connectivity index (χ2v) is 7.22. The first kappa shape index (κ1) is 20.9. The Bertz CT molecular complexity index is 900. The third-order valence-corrected chi connectivity index (χ3v) is 5.32. The van der Waals surface area contributed by atoms with E-state index in [0.29, 0.717) is 48.3 Å². The number of ether oxygens (including phenoxy) is 1. The van der Waals surface area contributed by atoms with Gasteiger partial charge < -0.3 is 15.0 Å². The van der Waals surface area contributed by atoms with E-state index in [1.165, 1.54) is 6.07 Å². The Hall–Kier alpha value is -2.84. The van der Waals surface area contributed by atoms with E-state index in [4.69, 9.17) is 16.3 Å². The van der Waals surface area contributed by atoms with Crippen molar-refractivity contribution in [3.63, 3.8) is 0 Å². The Morgan fingerprint density at radius 1 is 1.21 bits per heavy atom. The molecule has 154 valence electrons. The number of nitrogens with one attached hydrogen (secondary N) is 1. The van der Waals surface area contributed by atoms with Gasteiger partial charge in [0.1, 0.15) is 11.4 Å². The maximum atomic E-state index is 12.7. The summed E-state index contributed by atoms with van der Waals surface area (Å²) in [7, 11) is 1.56. The van der Waals surface area contributed by atoms with Gasteiger partial charge in [-0.05, 0) is 31.2 Å². The van der Waals surface area contributed by atoms with E-state index in [9.17, 15) is 14.9 Å². The van der Waals surface area contributed by atoms with Gasteiger partial charge in [-0.1, -0.05) is 23.7 Å². The lowest BCUT2D eigenvalue weighted by atomic mass is 10.1. The number of piperazine rings is 1. The molecule has 0 spiro atoms. The van der Waals surface area contributed by atoms with Crippen molar-refractivity contribution >= 4 is 34.6 Å². The molecule has 1 aliphatic rings. The van der Waals surface area contributed by atoms with Gasteiger partial charge in [-0.25, -0.2) is 0 Å². The molecule has 9 heteroatoms. The van der Waals surface area contributed by atoms with Gasteiger partial charge in [0.05, 0.1) is 23.8 Å². The van der Waals surface area contributed by atoms with E-state index in [2.05, 4.69) is 10.2 Å². The minimum absolute atomic E-state index is 0.00656. The van der Waals surface area contributed by atoms with Crippen molar-refractivity contribution in [1.29, 1.82) is 0 Å². The third kappa shape index (κ3) is 4.78. The summed E-state index contributed by atoms with van der Waals surface area (Å²) in [5.41, 5.74) is 1.17. The van der Waals surface area contributed by atoms with Crippen molar-refractivity contribution in [3.05, 3.63) is 57.6 Å². The number of nitro benzene ring substituents is 1. The van der Waals surface area contributed by atoms with Gasteiger partial charge >= 0.3 is 0 Å². The van der Waals surface area contributed by atoms with E-state index in [0.717, 1.165) is 0 Å². The van der Waals surface area contributed by atoms with Gasteiger partial charge in [-0.2, -0.15) is 0 Å². The molecular weight excluding hydrogens is 396 g/mol. The van der Waals surface area contributed by atoms with Gasteiger partial charge in [0.15, 0.2) is 0 Å². The standard InChI is InChI=1S/C20H23ClN4O4/c1-14(20(26)22-16-5-3-4-6-19(16)29-2)23-9-11-24(12-10-23)17-8-7-15(21)13-18(17)25(27)28/h3-8,13-14H,9-12H2,1-2H3,(H,22,26). The van der Waals surface area contributed by atoms with Gasteiger partial charge in [0.2, 0.25) is 5.91 Å². The number of para-hydroxylation sites is 2. The lowest BCUT2D eigenvalue weighted by molar-refractivity contribution is -0.384. The van der Waals surface area contributed by atoms with Crippen LogP contribution >= 0.6 is 11.6 Å². The first-order valence-electron chi connectivity index (χ1n) is 9.27. The summed E-state index contributed by atoms with van der Waals surface area (Å²) in [6, 6.07) is 11.6. The largest absolute Gasteiger partial charge is 0.495 e. The Kier molecular flexibility index (Phi) is 6.56. The van der Waals surface area contributed by atoms with E-state index < -0.39 is 4.92 Å². The topological polar surface area (TPSA) is 88.0 Å². The number of benzene rings is 2. The first-order valence-corrected chi connectivity index (χ1v) is 9.65. The second-order valence-electron chi connectivity index (χ2n) is 6.78. The van der Waals surface area contributed by atoms with Crippen LogP contribution in [0.1, 0.15) is 6.92 Å². The monoisotopic (exact) mass is 418 g/mol. The zero-order chi connectivity index (χ0) is 21.0. The summed E-state index contributed by atoms with van der Waals surface area (Å²) >= 11 is 5.90. The molecule has 0 radical (unpaired) electrons. The molecule has 1 heterocycles. The first-order chi connectivity index (χ1) is 13.9. The Morgan fingerprint density at radius 3 is 2.55 bits per heavy atom. The van der Waals surface area contributed by atoms with Crippen molar-refractivity contribution in [2.24, 2.45) is 0 Å². The maximum Gasteiger partial charge on any atom is 0.294 e. The highest BCUT2D eigenvalue weighted by atomic mass is 35.5. The zero-order valence-electron chi connectivity index (χ0n) is 16.3. The molecule has 8 nitrogen and oxygen atoms in total. The number of nitrogens with zero attached hydrogens (tertiary/aromatic N) is 3. The molecule has 1 saturated heterocycles. The molecule has 1 fully saturated rings. The fourth-order valence-corrected chi connectivity index (χ4v) is 3.58. The Balaban J connectivity index is 1.63. The quantitative estimate of drug-likeness (QED) is 0.571. The highest BCUT2D eigenvalue weighted by Crippen LogP contribution is 2.32. The minimum Gasteiger partial charge on any atom is -0.495 e. The van der Waals surface area contributed by atoms with Crippen molar-refractivity contribution < 1.29 is 14.5 Å². The van der Waals surface area contributed by atoms with Gasteiger partial charge in [0, 0.05) is 37.3 Å². The SMILES string of the molecule is COc1ccccc1NC(=O)C(C)N1CCN(c2ccc(Cl)cc2[N+](=O)[O-])CC1. The number of rotatable bonds is 6. The van der Waals surface area contributed by atoms with Crippen LogP contribution in [0.4, 0.5) is 17.1 Å². The molecule has 1 atom stereocenters. The van der Waals surface area contributed by atoms with Gasteiger partial charge in [-0.15, -0.1) is 0 Å². The summed E-state index contributed by atoms with van der Waals surface area (Å²) in [6.45, 7) is 4.23. The number of nitro groups is 1. The van der Waals surface area contributed by atoms with Crippen LogP contribution in [0.15, 0.2) is 42.5 Å². The molecule has 0 aliphatic carbocycles. The highest BCUT2D eigenvalue weighted by Gasteiger charge is 2.28. The van der Waals surface area contributed by atoms with Crippen LogP contribution in [0.3, 0.4) is 0 Å². The van der Waals surface area contributed by atoms with Crippen LogP contribution in [0.2, 0.25) is 5.02 Å². The lowest BCUT2D eigenvalue weighted by Crippen LogP contribution is -2.53. The number of hydrogen-bond donors (Lipinski definition) is 1. The predicted molar refractivity (Wildman–Crippen MR) is 113 cm³/mol. The molecular formula is C20H23ClN4O4. The normalized spacial score (nSPS) is 15.6. The number of hydrogen-bond acceptors (Lipinski definition) is 6. The van der Waals surface area contributed by atoms with Crippen LogP contribution < -0.4 is 15.0 Å². The lowest BCUT2D eigenvalue weighted by Gasteiger charge is -2.38. The molecule has 2 aromatic carbocycles. The van der Waals surface area contributed by atoms with Crippen LogP contribution in [0.5, 0.6) is 5.75 Å². The van der Waals surface area contributed by atoms with Gasteiger partial charge in [-0.3, -0.25) is 19.8 Å². The van der Waals surface area contributed by atoms with Crippen molar-refractivity contribution in [2.45, 2.75) is 13.0 Å². The van der Waals surface area contributed by atoms with Crippen molar-refractivity contribution in [1.82, 2.24) is 4.90 Å². The summed E-state index contributed by atoms with van der Waals surface area (Å²) in [4.78, 5) is 27.6. The third-order valence-electron chi connectivity index (χ3n) is 5.08. The number of amides is 1. The van der Waals surface area contributed by atoms with Crippen molar-refractivity contribution in [3.8, 4) is 5.75 Å². The van der Waals surface area contributed by atoms with Crippen molar-refractivity contribution in [2.75, 3.05) is 43.5 Å². The average molecular weight is 419 g/mol. The fraction of sp³-hybridized carbons (Fsp3) is 0.350. The number of carbonyl (C=O) groups excluding carboxylic acids is 1. The van der Waals surface area contributed by atoms with Crippen LogP contribution in [0, 0.1) is 10.1 Å². The van der Waals surface area contributed by atoms with Crippen LogP contribution in [-0.2, 0) is 4.79 Å². The number of halogens is 1. The predicted octanol–water partition coefficient (Wildman–Crippen LogP) is 3.41. The molecule has 1 amide bonds. The van der Waals surface area contributed by atoms with E-state index in [1.807, 2.05) is 24.0 Å². The summed E-state index contributed by atoms with van der Waals surface area (Å²) < 4.78 is 5.27. The van der Waals surface area contributed by atoms with E-state index in [1.54, 1.807) is 31.4 Å². The Labute approximate surface area is 174 Å². The minimum atomic E-state index is -0.420. The molecule has 1 unspecified atom stereocenters. The fourth-order valence-electron chi connectivity index (χ4n) is 3.41. The number of anilines is 2. The highest BCUT2D eigenvalue weighted by molar-refractivity contribution is 6.30. The number of carbonyl (C=O) groups is 1. The average Bonchev–Trinajstić information content (AvgIpc) is 2.73. The molecule has 1 N–H and O–H groups in total. The van der Waals surface area contributed by atoms with E-state index >= 15 is 0 Å². The smallest absolute Gasteiger partial charge is 0.294 e. The summed E-state index contributed by atoms with van der Waals surface area (Å²) in [5, 5.41) is 14.6. The molecule has 3 rings (SSSR count).